The van der Waals surface area contributed by atoms with E-state index in [1.807, 2.05) is 42.5 Å². The number of aromatic nitrogens is 2. The third-order valence-corrected chi connectivity index (χ3v) is 7.25. The van der Waals surface area contributed by atoms with Gasteiger partial charge in [0.15, 0.2) is 5.75 Å². The van der Waals surface area contributed by atoms with Gasteiger partial charge in [-0.2, -0.15) is 0 Å². The van der Waals surface area contributed by atoms with Gasteiger partial charge in [-0.25, -0.2) is 0 Å². The average molecular weight is 495 g/mol. The molecule has 3 aromatic heterocycles. The van der Waals surface area contributed by atoms with Crippen molar-refractivity contribution in [3.05, 3.63) is 69.6 Å². The van der Waals surface area contributed by atoms with Gasteiger partial charge in [0.25, 0.3) is 11.5 Å². The van der Waals surface area contributed by atoms with Gasteiger partial charge in [0.05, 0.1) is 29.6 Å². The molecule has 7 nitrogen and oxygen atoms in total. The van der Waals surface area contributed by atoms with Crippen LogP contribution in [0.2, 0.25) is 0 Å². The molecule has 0 unspecified atom stereocenters. The van der Waals surface area contributed by atoms with E-state index in [9.17, 15) is 9.59 Å². The highest BCUT2D eigenvalue weighted by Gasteiger charge is 2.25. The van der Waals surface area contributed by atoms with Gasteiger partial charge in [-0.15, -0.1) is 11.3 Å². The van der Waals surface area contributed by atoms with Gasteiger partial charge >= 0.3 is 0 Å². The molecule has 4 rings (SSSR count). The highest BCUT2D eigenvalue weighted by Crippen LogP contribution is 2.39. The van der Waals surface area contributed by atoms with Gasteiger partial charge in [0, 0.05) is 18.1 Å². The maximum Gasteiger partial charge on any atom is 0.265 e. The second kappa shape index (κ2) is 12.0. The number of thiophene rings is 1. The molecule has 0 radical (unpaired) electrons. The number of rotatable bonds is 10. The summed E-state index contributed by atoms with van der Waals surface area (Å²) >= 11 is 1.31. The number of nitrogens with one attached hydrogen (secondary N) is 1. The summed E-state index contributed by atoms with van der Waals surface area (Å²) in [5.41, 5.74) is 1.41. The van der Waals surface area contributed by atoms with Crippen molar-refractivity contribution in [3.63, 3.8) is 0 Å². The Hall–Kier alpha value is -3.23. The van der Waals surface area contributed by atoms with Crippen LogP contribution in [-0.2, 0) is 6.54 Å². The zero-order chi connectivity index (χ0) is 24.1. The molecule has 8 heteroatoms. The van der Waals surface area contributed by atoms with Gasteiger partial charge in [-0.05, 0) is 44.3 Å². The van der Waals surface area contributed by atoms with Gasteiger partial charge in [0.1, 0.15) is 10.3 Å². The van der Waals surface area contributed by atoms with E-state index in [2.05, 4.69) is 29.0 Å². The van der Waals surface area contributed by atoms with E-state index in [1.54, 1.807) is 10.8 Å². The third kappa shape index (κ3) is 5.39. The lowest BCUT2D eigenvalue weighted by atomic mass is 10.1. The number of ether oxygens (including phenoxy) is 1. The lowest BCUT2D eigenvalue weighted by Gasteiger charge is -2.17. The minimum Gasteiger partial charge on any atom is -0.494 e. The van der Waals surface area contributed by atoms with E-state index in [0.717, 1.165) is 47.4 Å². The fraction of sp³-hybridized carbons (Fsp3) is 0.370. The van der Waals surface area contributed by atoms with Gasteiger partial charge < -0.3 is 19.5 Å². The van der Waals surface area contributed by atoms with Crippen molar-refractivity contribution < 1.29 is 9.53 Å². The highest BCUT2D eigenvalue weighted by molar-refractivity contribution is 7.22. The summed E-state index contributed by atoms with van der Waals surface area (Å²) in [7, 11) is 1.51. The van der Waals surface area contributed by atoms with E-state index in [-0.39, 0.29) is 18.9 Å². The van der Waals surface area contributed by atoms with Crippen LogP contribution in [0.4, 0.5) is 0 Å². The van der Waals surface area contributed by atoms with Gasteiger partial charge in [0.2, 0.25) is 0 Å². The minimum atomic E-state index is -0.211. The van der Waals surface area contributed by atoms with Crippen LogP contribution in [0, 0.1) is 0 Å². The molecule has 0 aliphatic heterocycles. The Morgan fingerprint density at radius 3 is 2.57 bits per heavy atom. The highest BCUT2D eigenvalue weighted by atomic mass is 32.1. The van der Waals surface area contributed by atoms with Crippen molar-refractivity contribution in [3.8, 4) is 5.75 Å². The standard InChI is InChI=1S/C26H30N4O3S.CH4/c1-4-29(5-2)16-10-15-28-25(31)24-22(33-3)21-23(34-24)19-12-6-7-13-20(19)30(26(21)32)17-18-11-8-9-14-27-18;/h6-9,11-14H,4-5,10,15-17H2,1-3H3,(H,28,31);1H4. The summed E-state index contributed by atoms with van der Waals surface area (Å²) in [5, 5.41) is 4.36. The number of fused-ring (bicyclic) bond motifs is 3. The van der Waals surface area contributed by atoms with Crippen molar-refractivity contribution in [2.75, 3.05) is 33.3 Å². The summed E-state index contributed by atoms with van der Waals surface area (Å²) in [6, 6.07) is 13.4. The summed E-state index contributed by atoms with van der Waals surface area (Å²) < 4.78 is 8.12. The van der Waals surface area contributed by atoms with Crippen LogP contribution in [0.25, 0.3) is 21.0 Å². The molecule has 0 saturated carbocycles. The number of pyridine rings is 2. The van der Waals surface area contributed by atoms with Crippen molar-refractivity contribution in [2.24, 2.45) is 0 Å². The molecule has 0 aliphatic rings. The van der Waals surface area contributed by atoms with E-state index >= 15 is 0 Å². The molecule has 3 heterocycles. The van der Waals surface area contributed by atoms with Crippen LogP contribution in [-0.4, -0.2) is 53.6 Å². The molecule has 1 N–H and O–H groups in total. The molecule has 186 valence electrons. The topological polar surface area (TPSA) is 76.5 Å². The normalized spacial score (nSPS) is 11.1. The number of methoxy groups -OCH3 is 1. The van der Waals surface area contributed by atoms with Crippen molar-refractivity contribution in [2.45, 2.75) is 34.2 Å². The van der Waals surface area contributed by atoms with Crippen molar-refractivity contribution in [1.82, 2.24) is 19.8 Å². The number of para-hydroxylation sites is 1. The largest absolute Gasteiger partial charge is 0.494 e. The molecular weight excluding hydrogens is 460 g/mol. The molecule has 0 aliphatic carbocycles. The molecule has 4 aromatic rings. The first-order valence-corrected chi connectivity index (χ1v) is 12.4. The molecule has 0 atom stereocenters. The van der Waals surface area contributed by atoms with E-state index in [1.165, 1.54) is 18.4 Å². The van der Waals surface area contributed by atoms with Crippen molar-refractivity contribution in [1.29, 1.82) is 0 Å². The monoisotopic (exact) mass is 494 g/mol. The smallest absolute Gasteiger partial charge is 0.265 e. The van der Waals surface area contributed by atoms with Crippen LogP contribution in [0.5, 0.6) is 5.75 Å². The Labute approximate surface area is 210 Å². The fourth-order valence-corrected chi connectivity index (χ4v) is 5.44. The maximum atomic E-state index is 13.7. The van der Waals surface area contributed by atoms with Crippen LogP contribution >= 0.6 is 11.3 Å². The summed E-state index contributed by atoms with van der Waals surface area (Å²) in [5.74, 6) is 0.129. The molecule has 35 heavy (non-hydrogen) atoms. The number of hydrogen-bond acceptors (Lipinski definition) is 6. The number of carbonyl (C=O) groups excluding carboxylic acids is 1. The van der Waals surface area contributed by atoms with Gasteiger partial charge in [-0.3, -0.25) is 14.6 Å². The van der Waals surface area contributed by atoms with Crippen LogP contribution < -0.4 is 15.6 Å². The fourth-order valence-electron chi connectivity index (χ4n) is 4.22. The SMILES string of the molecule is C.CCN(CC)CCCNC(=O)c1sc2c(c1OC)c(=O)n(Cc1ccccn1)c1ccccc21. The van der Waals surface area contributed by atoms with Crippen molar-refractivity contribution >= 4 is 38.2 Å². The van der Waals surface area contributed by atoms with E-state index < -0.39 is 0 Å². The van der Waals surface area contributed by atoms with Crippen LogP contribution in [0.3, 0.4) is 0 Å². The predicted octanol–water partition coefficient (Wildman–Crippen LogP) is 4.77. The number of amides is 1. The number of carbonyl (C=O) groups is 1. The second-order valence-corrected chi connectivity index (χ2v) is 9.06. The molecule has 1 aromatic carbocycles. The summed E-state index contributed by atoms with van der Waals surface area (Å²) in [6.07, 6.45) is 2.58. The quantitative estimate of drug-likeness (QED) is 0.322. The van der Waals surface area contributed by atoms with Crippen LogP contribution in [0.1, 0.15) is 43.1 Å². The van der Waals surface area contributed by atoms with Crippen LogP contribution in [0.15, 0.2) is 53.5 Å². The molecule has 0 bridgehead atoms. The number of nitrogens with zero attached hydrogens (tertiary/aromatic N) is 3. The Kier molecular flexibility index (Phi) is 9.01. The maximum absolute atomic E-state index is 13.7. The predicted molar refractivity (Wildman–Crippen MR) is 145 cm³/mol. The molecule has 0 fully saturated rings. The summed E-state index contributed by atoms with van der Waals surface area (Å²) in [6.45, 7) is 8.09. The lowest BCUT2D eigenvalue weighted by molar-refractivity contribution is 0.0953. The second-order valence-electron chi connectivity index (χ2n) is 8.03. The Balaban J connectivity index is 0.00000342. The lowest BCUT2D eigenvalue weighted by Crippen LogP contribution is -2.29. The molecule has 0 spiro atoms. The third-order valence-electron chi connectivity index (χ3n) is 6.05. The zero-order valence-electron chi connectivity index (χ0n) is 19.8. The Bertz CT molecular complexity index is 1340. The van der Waals surface area contributed by atoms with E-state index in [0.29, 0.717) is 29.1 Å². The first kappa shape index (κ1) is 26.4. The Morgan fingerprint density at radius 2 is 1.89 bits per heavy atom. The molecular formula is C27H34N4O3S. The van der Waals surface area contributed by atoms with Gasteiger partial charge in [-0.1, -0.05) is 45.5 Å². The molecule has 0 saturated heterocycles. The zero-order valence-corrected chi connectivity index (χ0v) is 20.7. The Morgan fingerprint density at radius 1 is 1.14 bits per heavy atom. The minimum absolute atomic E-state index is 0. The summed E-state index contributed by atoms with van der Waals surface area (Å²) in [4.78, 5) is 33.9. The van der Waals surface area contributed by atoms with E-state index in [4.69, 9.17) is 4.74 Å². The average Bonchev–Trinajstić information content (AvgIpc) is 3.27. The first-order valence-electron chi connectivity index (χ1n) is 11.6. The first-order chi connectivity index (χ1) is 16.6. The number of hydrogen-bond donors (Lipinski definition) is 1. The molecule has 1 amide bonds. The number of benzene rings is 1.